The SMILES string of the molecule is C=CCC(CC=C)Nc1ccc(/C=C/C=C/c2nc3cc(O)c(OC)cc3s2)cc1. The average molecular weight is 419 g/mol. The molecule has 2 N–H and O–H groups in total. The Kier molecular flexibility index (Phi) is 7.46. The third-order valence-corrected chi connectivity index (χ3v) is 5.51. The summed E-state index contributed by atoms with van der Waals surface area (Å²) in [6.07, 6.45) is 13.6. The molecule has 3 aromatic rings. The van der Waals surface area contributed by atoms with Crippen molar-refractivity contribution in [1.82, 2.24) is 4.98 Å². The zero-order valence-electron chi connectivity index (χ0n) is 17.0. The number of nitrogens with zero attached hydrogens (tertiary/aromatic N) is 1. The second-order valence-corrected chi connectivity index (χ2v) is 7.84. The fourth-order valence-corrected chi connectivity index (χ4v) is 3.93. The van der Waals surface area contributed by atoms with Crippen molar-refractivity contribution in [3.05, 3.63) is 84.4 Å². The van der Waals surface area contributed by atoms with Gasteiger partial charge in [0.2, 0.25) is 0 Å². The molecule has 5 heteroatoms. The molecule has 3 rings (SSSR count). The van der Waals surface area contributed by atoms with Gasteiger partial charge in [-0.3, -0.25) is 0 Å². The van der Waals surface area contributed by atoms with Gasteiger partial charge in [-0.15, -0.1) is 24.5 Å². The van der Waals surface area contributed by atoms with Crippen molar-refractivity contribution < 1.29 is 9.84 Å². The highest BCUT2D eigenvalue weighted by Gasteiger charge is 2.08. The molecule has 30 heavy (non-hydrogen) atoms. The van der Waals surface area contributed by atoms with E-state index >= 15 is 0 Å². The van der Waals surface area contributed by atoms with Crippen LogP contribution in [0.1, 0.15) is 23.4 Å². The van der Waals surface area contributed by atoms with Crippen LogP contribution in [0, 0.1) is 0 Å². The van der Waals surface area contributed by atoms with Gasteiger partial charge in [0.05, 0.1) is 17.3 Å². The molecule has 0 radical (unpaired) electrons. The number of phenols is 1. The minimum Gasteiger partial charge on any atom is -0.504 e. The number of anilines is 1. The average Bonchev–Trinajstić information content (AvgIpc) is 3.13. The third-order valence-electron chi connectivity index (χ3n) is 4.53. The summed E-state index contributed by atoms with van der Waals surface area (Å²) >= 11 is 1.55. The van der Waals surface area contributed by atoms with Crippen LogP contribution in [0.3, 0.4) is 0 Å². The van der Waals surface area contributed by atoms with Crippen LogP contribution < -0.4 is 10.1 Å². The quantitative estimate of drug-likeness (QED) is 0.285. The molecule has 0 aliphatic heterocycles. The van der Waals surface area contributed by atoms with E-state index in [1.54, 1.807) is 23.5 Å². The van der Waals surface area contributed by atoms with E-state index in [2.05, 4.69) is 47.7 Å². The van der Waals surface area contributed by atoms with Crippen molar-refractivity contribution in [2.75, 3.05) is 12.4 Å². The fourth-order valence-electron chi connectivity index (χ4n) is 3.04. The van der Waals surface area contributed by atoms with Crippen LogP contribution in [-0.4, -0.2) is 23.2 Å². The van der Waals surface area contributed by atoms with E-state index < -0.39 is 0 Å². The number of aromatic hydroxyl groups is 1. The summed E-state index contributed by atoms with van der Waals surface area (Å²) < 4.78 is 6.12. The Morgan fingerprint density at radius 3 is 2.47 bits per heavy atom. The number of fused-ring (bicyclic) bond motifs is 1. The van der Waals surface area contributed by atoms with Crippen LogP contribution in [0.25, 0.3) is 22.4 Å². The molecule has 0 atom stereocenters. The Hall–Kier alpha value is -3.31. The van der Waals surface area contributed by atoms with Crippen LogP contribution >= 0.6 is 11.3 Å². The molecule has 0 unspecified atom stereocenters. The van der Waals surface area contributed by atoms with Gasteiger partial charge >= 0.3 is 0 Å². The first kappa shape index (κ1) is 21.4. The third kappa shape index (κ3) is 5.61. The molecular formula is C25H26N2O2S. The molecule has 154 valence electrons. The molecule has 0 saturated carbocycles. The lowest BCUT2D eigenvalue weighted by molar-refractivity contribution is 0.374. The summed E-state index contributed by atoms with van der Waals surface area (Å²) in [6, 6.07) is 12.1. The van der Waals surface area contributed by atoms with E-state index in [1.807, 2.05) is 36.5 Å². The van der Waals surface area contributed by atoms with Gasteiger partial charge in [-0.05, 0) is 36.6 Å². The molecule has 0 aliphatic carbocycles. The first-order chi connectivity index (χ1) is 14.6. The Balaban J connectivity index is 1.62. The molecule has 1 aromatic heterocycles. The van der Waals surface area contributed by atoms with Crippen LogP contribution in [0.4, 0.5) is 5.69 Å². The standard InChI is InChI=1S/C25H26N2O2S/c1-4-8-19(9-5-2)26-20-14-12-18(13-15-20)10-6-7-11-25-27-21-16-22(28)23(29-3)17-24(21)30-25/h4-7,10-17,19,26,28H,1-2,8-9H2,3H3/b10-6+,11-7+. The first-order valence-electron chi connectivity index (χ1n) is 9.73. The maximum Gasteiger partial charge on any atom is 0.162 e. The number of nitrogens with one attached hydrogen (secondary N) is 1. The van der Waals surface area contributed by atoms with Crippen molar-refractivity contribution in [1.29, 1.82) is 0 Å². The highest BCUT2D eigenvalue weighted by atomic mass is 32.1. The van der Waals surface area contributed by atoms with Gasteiger partial charge in [0, 0.05) is 23.9 Å². The number of aromatic nitrogens is 1. The van der Waals surface area contributed by atoms with Crippen molar-refractivity contribution in [3.8, 4) is 11.5 Å². The number of rotatable bonds is 10. The first-order valence-corrected chi connectivity index (χ1v) is 10.5. The Morgan fingerprint density at radius 2 is 1.80 bits per heavy atom. The number of benzene rings is 2. The molecule has 4 nitrogen and oxygen atoms in total. The summed E-state index contributed by atoms with van der Waals surface area (Å²) in [5.74, 6) is 0.559. The number of ether oxygens (including phenoxy) is 1. The molecule has 0 amide bonds. The number of methoxy groups -OCH3 is 1. The second kappa shape index (κ2) is 10.5. The summed E-state index contributed by atoms with van der Waals surface area (Å²) in [5.41, 5.74) is 2.97. The molecule has 0 saturated heterocycles. The zero-order chi connectivity index (χ0) is 21.3. The minimum absolute atomic E-state index is 0.101. The molecule has 2 aromatic carbocycles. The lowest BCUT2D eigenvalue weighted by Crippen LogP contribution is -2.17. The van der Waals surface area contributed by atoms with Crippen molar-refractivity contribution in [2.45, 2.75) is 18.9 Å². The van der Waals surface area contributed by atoms with E-state index in [-0.39, 0.29) is 5.75 Å². The molecular weight excluding hydrogens is 392 g/mol. The minimum atomic E-state index is 0.101. The van der Waals surface area contributed by atoms with E-state index in [4.69, 9.17) is 4.74 Å². The van der Waals surface area contributed by atoms with Crippen LogP contribution in [-0.2, 0) is 0 Å². The van der Waals surface area contributed by atoms with Crippen molar-refractivity contribution in [2.24, 2.45) is 0 Å². The van der Waals surface area contributed by atoms with E-state index in [0.717, 1.165) is 39.3 Å². The topological polar surface area (TPSA) is 54.4 Å². The fraction of sp³-hybridized carbons (Fsp3) is 0.160. The predicted octanol–water partition coefficient (Wildman–Crippen LogP) is 6.67. The second-order valence-electron chi connectivity index (χ2n) is 6.77. The zero-order valence-corrected chi connectivity index (χ0v) is 17.9. The van der Waals surface area contributed by atoms with Crippen molar-refractivity contribution >= 4 is 39.4 Å². The van der Waals surface area contributed by atoms with Gasteiger partial charge < -0.3 is 15.2 Å². The number of hydrogen-bond donors (Lipinski definition) is 2. The van der Waals surface area contributed by atoms with Gasteiger partial charge in [0.25, 0.3) is 0 Å². The maximum absolute atomic E-state index is 9.88. The number of phenolic OH excluding ortho intramolecular Hbond substituents is 1. The molecule has 0 aliphatic rings. The lowest BCUT2D eigenvalue weighted by atomic mass is 10.1. The molecule has 0 bridgehead atoms. The smallest absolute Gasteiger partial charge is 0.162 e. The summed E-state index contributed by atoms with van der Waals surface area (Å²) in [4.78, 5) is 4.52. The monoisotopic (exact) mass is 418 g/mol. The van der Waals surface area contributed by atoms with Gasteiger partial charge in [-0.25, -0.2) is 4.98 Å². The highest BCUT2D eigenvalue weighted by molar-refractivity contribution is 7.19. The van der Waals surface area contributed by atoms with Crippen LogP contribution in [0.5, 0.6) is 11.5 Å². The van der Waals surface area contributed by atoms with Gasteiger partial charge in [0.15, 0.2) is 11.5 Å². The largest absolute Gasteiger partial charge is 0.504 e. The highest BCUT2D eigenvalue weighted by Crippen LogP contribution is 2.34. The van der Waals surface area contributed by atoms with Gasteiger partial charge in [0.1, 0.15) is 5.01 Å². The van der Waals surface area contributed by atoms with Crippen molar-refractivity contribution in [3.63, 3.8) is 0 Å². The van der Waals surface area contributed by atoms with Gasteiger partial charge in [-0.1, -0.05) is 42.5 Å². The normalized spacial score (nSPS) is 11.5. The summed E-state index contributed by atoms with van der Waals surface area (Å²) in [7, 11) is 1.54. The summed E-state index contributed by atoms with van der Waals surface area (Å²) in [5, 5.41) is 14.3. The Bertz CT molecular complexity index is 1050. The molecule has 0 fully saturated rings. The van der Waals surface area contributed by atoms with E-state index in [9.17, 15) is 5.11 Å². The molecule has 1 heterocycles. The van der Waals surface area contributed by atoms with Crippen LogP contribution in [0.15, 0.2) is 73.9 Å². The van der Waals surface area contributed by atoms with Crippen LogP contribution in [0.2, 0.25) is 0 Å². The Labute approximate surface area is 181 Å². The maximum atomic E-state index is 9.88. The number of allylic oxidation sites excluding steroid dienone is 2. The van der Waals surface area contributed by atoms with E-state index in [0.29, 0.717) is 11.8 Å². The summed E-state index contributed by atoms with van der Waals surface area (Å²) in [6.45, 7) is 7.63. The van der Waals surface area contributed by atoms with Gasteiger partial charge in [-0.2, -0.15) is 0 Å². The predicted molar refractivity (Wildman–Crippen MR) is 129 cm³/mol. The Morgan fingerprint density at radius 1 is 1.10 bits per heavy atom. The molecule has 0 spiro atoms. The van der Waals surface area contributed by atoms with E-state index in [1.165, 1.54) is 7.11 Å². The number of hydrogen-bond acceptors (Lipinski definition) is 5. The number of thiazole rings is 1. The lowest BCUT2D eigenvalue weighted by Gasteiger charge is -2.16.